The van der Waals surface area contributed by atoms with Gasteiger partial charge >= 0.3 is 0 Å². The first-order chi connectivity index (χ1) is 28.7. The van der Waals surface area contributed by atoms with Crippen LogP contribution in [0.5, 0.6) is 0 Å². The number of para-hydroxylation sites is 2. The minimum Gasteiger partial charge on any atom is -0.486 e. The zero-order valence-electron chi connectivity index (χ0n) is 36.9. The molecular formula is C54H54IrN4OSi-2. The van der Waals surface area contributed by atoms with Crippen LogP contribution >= 0.6 is 0 Å². The summed E-state index contributed by atoms with van der Waals surface area (Å²) in [7, 11) is -1.34. The van der Waals surface area contributed by atoms with E-state index in [0.29, 0.717) is 11.6 Å². The Kier molecular flexibility index (Phi) is 12.5. The SMILES string of the molecule is CC(C)Cc1cc(-c2[c-]cccc2)ncc1[Si](C)(C)C.Cc1ccc2c(n1)oc1c(-c3nc4ccccc4n3-c3ccc(C(C)(C)C)cc3-c3ccccc3)[c-]cc(C)c12.[Ir]. The smallest absolute Gasteiger partial charge is 0.216 e. The fourth-order valence-corrected chi connectivity index (χ4v) is 9.68. The molecule has 0 spiro atoms. The maximum absolute atomic E-state index is 6.47. The van der Waals surface area contributed by atoms with Gasteiger partial charge in [-0.05, 0) is 83.1 Å². The minimum absolute atomic E-state index is 0. The van der Waals surface area contributed by atoms with Crippen molar-refractivity contribution in [2.45, 2.75) is 79.9 Å². The average Bonchev–Trinajstić information content (AvgIpc) is 3.80. The molecule has 0 aliphatic heterocycles. The van der Waals surface area contributed by atoms with Crippen LogP contribution in [0.4, 0.5) is 0 Å². The quantitative estimate of drug-likeness (QED) is 0.118. The van der Waals surface area contributed by atoms with E-state index in [-0.39, 0.29) is 25.5 Å². The van der Waals surface area contributed by atoms with E-state index in [1.165, 1.54) is 16.3 Å². The summed E-state index contributed by atoms with van der Waals surface area (Å²) in [6, 6.07) is 49.0. The van der Waals surface area contributed by atoms with Gasteiger partial charge in [-0.25, -0.2) is 4.98 Å². The Morgan fingerprint density at radius 1 is 0.803 bits per heavy atom. The number of furan rings is 1. The van der Waals surface area contributed by atoms with Gasteiger partial charge in [0, 0.05) is 48.6 Å². The molecule has 5 aromatic carbocycles. The van der Waals surface area contributed by atoms with Crippen LogP contribution in [-0.4, -0.2) is 27.6 Å². The standard InChI is InChI=1S/C36H30N3O.C18H24NSi.Ir/c1-22-15-18-27(33-32(22)26-19-16-23(2)37-35(26)40-33)34-38-29-13-9-10-14-31(29)39(34)30-20-17-25(36(3,4)5)21-28(30)24-11-7-6-8-12-24;1-14(2)11-16-12-17(15-9-7-6-8-10-15)19-13-18(16)20(3,4)5;/h6-17,19-21H,1-5H3;6-9,12-14H,11H2,1-5H3;/q2*-1;. The molecule has 0 saturated heterocycles. The predicted octanol–water partition coefficient (Wildman–Crippen LogP) is 13.7. The van der Waals surface area contributed by atoms with Crippen molar-refractivity contribution in [1.29, 1.82) is 0 Å². The Morgan fingerprint density at radius 2 is 1.54 bits per heavy atom. The number of rotatable bonds is 7. The Balaban J connectivity index is 0.000000226. The van der Waals surface area contributed by atoms with E-state index in [0.717, 1.165) is 84.5 Å². The number of pyridine rings is 2. The van der Waals surface area contributed by atoms with Crippen molar-refractivity contribution in [3.05, 3.63) is 162 Å². The molecule has 9 rings (SSSR count). The summed E-state index contributed by atoms with van der Waals surface area (Å²) in [5.74, 6) is 1.46. The van der Waals surface area contributed by atoms with Gasteiger partial charge in [0.2, 0.25) is 5.71 Å². The molecule has 9 aromatic rings. The summed E-state index contributed by atoms with van der Waals surface area (Å²) >= 11 is 0. The fraction of sp³-hybridized carbons (Fsp3) is 0.241. The zero-order valence-corrected chi connectivity index (χ0v) is 40.3. The van der Waals surface area contributed by atoms with Crippen LogP contribution in [0.25, 0.3) is 72.6 Å². The molecule has 4 heterocycles. The van der Waals surface area contributed by atoms with Gasteiger partial charge in [0.15, 0.2) is 0 Å². The summed E-state index contributed by atoms with van der Waals surface area (Å²) in [5, 5.41) is 3.56. The van der Waals surface area contributed by atoms with Crippen LogP contribution in [-0.2, 0) is 31.9 Å². The van der Waals surface area contributed by atoms with Gasteiger partial charge in [0.25, 0.3) is 0 Å². The van der Waals surface area contributed by atoms with E-state index in [4.69, 9.17) is 14.4 Å². The van der Waals surface area contributed by atoms with Crippen LogP contribution < -0.4 is 5.19 Å². The van der Waals surface area contributed by atoms with E-state index < -0.39 is 8.07 Å². The molecule has 0 unspecified atom stereocenters. The Bertz CT molecular complexity index is 2970. The molecule has 0 amide bonds. The summed E-state index contributed by atoms with van der Waals surface area (Å²) in [4.78, 5) is 14.6. The maximum Gasteiger partial charge on any atom is 0.216 e. The van der Waals surface area contributed by atoms with Crippen LogP contribution in [0.15, 0.2) is 132 Å². The van der Waals surface area contributed by atoms with Crippen LogP contribution in [0.2, 0.25) is 19.6 Å². The van der Waals surface area contributed by atoms with Crippen molar-refractivity contribution in [1.82, 2.24) is 19.5 Å². The Labute approximate surface area is 375 Å². The van der Waals surface area contributed by atoms with Crippen molar-refractivity contribution in [2.24, 2.45) is 5.92 Å². The molecule has 0 aliphatic carbocycles. The van der Waals surface area contributed by atoms with Gasteiger partial charge in [-0.15, -0.1) is 53.6 Å². The van der Waals surface area contributed by atoms with E-state index in [1.807, 2.05) is 43.3 Å². The van der Waals surface area contributed by atoms with E-state index in [1.54, 1.807) is 0 Å². The number of hydrogen-bond donors (Lipinski definition) is 0. The van der Waals surface area contributed by atoms with E-state index in [9.17, 15) is 0 Å². The van der Waals surface area contributed by atoms with Gasteiger partial charge in [-0.2, -0.15) is 0 Å². The summed E-state index contributed by atoms with van der Waals surface area (Å²) in [5.41, 5.74) is 14.5. The second kappa shape index (κ2) is 17.5. The maximum atomic E-state index is 6.47. The molecule has 5 nitrogen and oxygen atoms in total. The summed E-state index contributed by atoms with van der Waals surface area (Å²) in [6.07, 6.45) is 3.24. The predicted molar refractivity (Wildman–Crippen MR) is 254 cm³/mol. The van der Waals surface area contributed by atoms with Crippen LogP contribution in [0, 0.1) is 31.9 Å². The molecule has 1 radical (unpaired) electrons. The second-order valence-electron chi connectivity index (χ2n) is 18.4. The van der Waals surface area contributed by atoms with Crippen LogP contribution in [0.1, 0.15) is 57.0 Å². The van der Waals surface area contributed by atoms with E-state index >= 15 is 0 Å². The first-order valence-corrected chi connectivity index (χ1v) is 24.5. The Morgan fingerprint density at radius 3 is 2.25 bits per heavy atom. The molecule has 0 bridgehead atoms. The minimum atomic E-state index is -1.34. The summed E-state index contributed by atoms with van der Waals surface area (Å²) < 4.78 is 8.73. The molecule has 7 heteroatoms. The van der Waals surface area contributed by atoms with Crippen LogP contribution in [0.3, 0.4) is 0 Å². The van der Waals surface area contributed by atoms with Crippen molar-refractivity contribution in [3.63, 3.8) is 0 Å². The number of aromatic nitrogens is 4. The number of imidazole rings is 1. The molecule has 0 fully saturated rings. The number of aryl methyl sites for hydroxylation is 2. The average molecular weight is 995 g/mol. The third-order valence-corrected chi connectivity index (χ3v) is 13.2. The molecule has 4 aromatic heterocycles. The molecular weight excluding hydrogens is 941 g/mol. The molecule has 311 valence electrons. The first-order valence-electron chi connectivity index (χ1n) is 21.0. The Hall–Kier alpha value is -5.46. The van der Waals surface area contributed by atoms with Gasteiger partial charge in [-0.1, -0.05) is 132 Å². The number of fused-ring (bicyclic) bond motifs is 4. The number of hydrogen-bond acceptors (Lipinski definition) is 4. The topological polar surface area (TPSA) is 56.7 Å². The van der Waals surface area contributed by atoms with Gasteiger partial charge in [0.05, 0.1) is 30.5 Å². The fourth-order valence-electron chi connectivity index (χ4n) is 8.09. The van der Waals surface area contributed by atoms with Crippen molar-refractivity contribution >= 4 is 46.4 Å². The number of nitrogens with zero attached hydrogens (tertiary/aromatic N) is 4. The normalized spacial score (nSPS) is 11.9. The molecule has 0 atom stereocenters. The monoisotopic (exact) mass is 995 g/mol. The van der Waals surface area contributed by atoms with Gasteiger partial charge in [0.1, 0.15) is 0 Å². The third kappa shape index (κ3) is 8.97. The van der Waals surface area contributed by atoms with Crippen molar-refractivity contribution in [3.8, 4) is 39.5 Å². The first kappa shape index (κ1) is 43.6. The van der Waals surface area contributed by atoms with Crippen molar-refractivity contribution < 1.29 is 24.5 Å². The third-order valence-electron chi connectivity index (χ3n) is 11.1. The van der Waals surface area contributed by atoms with Gasteiger partial charge in [-0.3, -0.25) is 4.98 Å². The molecule has 0 N–H and O–H groups in total. The number of benzene rings is 5. The zero-order chi connectivity index (χ0) is 42.3. The molecule has 0 aliphatic rings. The second-order valence-corrected chi connectivity index (χ2v) is 23.5. The van der Waals surface area contributed by atoms with Gasteiger partial charge < -0.3 is 14.0 Å². The summed E-state index contributed by atoms with van der Waals surface area (Å²) in [6.45, 7) is 22.6. The van der Waals surface area contributed by atoms with Crippen molar-refractivity contribution in [2.75, 3.05) is 0 Å². The molecule has 61 heavy (non-hydrogen) atoms. The largest absolute Gasteiger partial charge is 0.486 e. The molecule has 0 saturated carbocycles. The van der Waals surface area contributed by atoms with E-state index in [2.05, 4.69) is 174 Å².